The molecule has 3 nitrogen and oxygen atoms in total. The van der Waals surface area contributed by atoms with Crippen LogP contribution < -0.4 is 0 Å². The topological polar surface area (TPSA) is 29.5 Å². The third kappa shape index (κ3) is 2.81. The maximum Gasteiger partial charge on any atom is 0.416 e. The minimum Gasteiger partial charge on any atom is -0.361 e. The van der Waals surface area contributed by atoms with Gasteiger partial charge in [0.25, 0.3) is 5.91 Å². The van der Waals surface area contributed by atoms with Gasteiger partial charge in [0.1, 0.15) is 6.73 Å². The molecule has 1 aliphatic heterocycles. The number of rotatable bonds is 1. The Balaban J connectivity index is 2.11. The largest absolute Gasteiger partial charge is 0.416 e. The van der Waals surface area contributed by atoms with Crippen molar-refractivity contribution in [2.75, 3.05) is 19.9 Å². The molecule has 6 heteroatoms. The van der Waals surface area contributed by atoms with Crippen LogP contribution >= 0.6 is 0 Å². The summed E-state index contributed by atoms with van der Waals surface area (Å²) in [7, 11) is 0. The van der Waals surface area contributed by atoms with Gasteiger partial charge in [0.05, 0.1) is 12.2 Å². The van der Waals surface area contributed by atoms with Crippen LogP contribution in [0.1, 0.15) is 22.3 Å². The fraction of sp³-hybridized carbons (Fsp3) is 0.417. The monoisotopic (exact) mass is 259 g/mol. The van der Waals surface area contributed by atoms with Crippen molar-refractivity contribution in [3.63, 3.8) is 0 Å². The summed E-state index contributed by atoms with van der Waals surface area (Å²) in [5.74, 6) is -0.302. The Morgan fingerprint density at radius 3 is 2.39 bits per heavy atom. The quantitative estimate of drug-likeness (QED) is 0.775. The lowest BCUT2D eigenvalue weighted by Gasteiger charge is -2.26. The van der Waals surface area contributed by atoms with E-state index in [1.165, 1.54) is 17.0 Å². The van der Waals surface area contributed by atoms with Crippen LogP contribution in [0.3, 0.4) is 0 Å². The fourth-order valence-electron chi connectivity index (χ4n) is 1.74. The lowest BCUT2D eigenvalue weighted by molar-refractivity contribution is -0.137. The minimum absolute atomic E-state index is 0.194. The Morgan fingerprint density at radius 1 is 1.22 bits per heavy atom. The van der Waals surface area contributed by atoms with Crippen molar-refractivity contribution >= 4 is 5.91 Å². The van der Waals surface area contributed by atoms with Gasteiger partial charge in [0, 0.05) is 12.1 Å². The molecule has 18 heavy (non-hydrogen) atoms. The van der Waals surface area contributed by atoms with E-state index < -0.39 is 11.7 Å². The SMILES string of the molecule is O=C(c1ccc(C(F)(F)F)cc1)N1CCCOC1. The van der Waals surface area contributed by atoms with E-state index in [1.54, 1.807) is 0 Å². The smallest absolute Gasteiger partial charge is 0.361 e. The van der Waals surface area contributed by atoms with Gasteiger partial charge in [0.15, 0.2) is 0 Å². The molecule has 1 aliphatic rings. The molecule has 0 atom stereocenters. The van der Waals surface area contributed by atoms with Crippen molar-refractivity contribution in [3.8, 4) is 0 Å². The number of ether oxygens (including phenoxy) is 1. The van der Waals surface area contributed by atoms with Crippen molar-refractivity contribution in [2.24, 2.45) is 0 Å². The van der Waals surface area contributed by atoms with Crippen LogP contribution in [0.4, 0.5) is 13.2 Å². The molecule has 2 rings (SSSR count). The van der Waals surface area contributed by atoms with E-state index in [1.807, 2.05) is 0 Å². The third-order valence-corrected chi connectivity index (χ3v) is 2.71. The highest BCUT2D eigenvalue weighted by Gasteiger charge is 2.30. The highest BCUT2D eigenvalue weighted by atomic mass is 19.4. The van der Waals surface area contributed by atoms with Crippen LogP contribution in [0.5, 0.6) is 0 Å². The Labute approximate surface area is 102 Å². The minimum atomic E-state index is -4.38. The first kappa shape index (κ1) is 12.9. The van der Waals surface area contributed by atoms with Crippen LogP contribution in [-0.2, 0) is 10.9 Å². The predicted molar refractivity (Wildman–Crippen MR) is 57.9 cm³/mol. The van der Waals surface area contributed by atoms with Crippen LogP contribution in [0.15, 0.2) is 24.3 Å². The van der Waals surface area contributed by atoms with E-state index in [-0.39, 0.29) is 18.2 Å². The molecule has 0 spiro atoms. The van der Waals surface area contributed by atoms with Crippen LogP contribution in [0.2, 0.25) is 0 Å². The maximum absolute atomic E-state index is 12.4. The first-order valence-electron chi connectivity index (χ1n) is 5.53. The van der Waals surface area contributed by atoms with E-state index >= 15 is 0 Å². The Kier molecular flexibility index (Phi) is 3.56. The molecule has 0 unspecified atom stereocenters. The molecule has 1 amide bonds. The summed E-state index contributed by atoms with van der Waals surface area (Å²) in [6.45, 7) is 1.37. The summed E-state index contributed by atoms with van der Waals surface area (Å²) in [6, 6.07) is 4.22. The zero-order chi connectivity index (χ0) is 13.2. The Hall–Kier alpha value is -1.56. The van der Waals surface area contributed by atoms with Crippen LogP contribution in [0.25, 0.3) is 0 Å². The summed E-state index contributed by atoms with van der Waals surface area (Å²) in [4.78, 5) is 13.4. The van der Waals surface area contributed by atoms with Gasteiger partial charge >= 0.3 is 6.18 Å². The van der Waals surface area contributed by atoms with Crippen LogP contribution in [-0.4, -0.2) is 30.7 Å². The van der Waals surface area contributed by atoms with Gasteiger partial charge in [-0.15, -0.1) is 0 Å². The molecule has 1 heterocycles. The van der Waals surface area contributed by atoms with Gasteiger partial charge in [-0.05, 0) is 30.7 Å². The van der Waals surface area contributed by atoms with Gasteiger partial charge in [-0.3, -0.25) is 4.79 Å². The molecular weight excluding hydrogens is 247 g/mol. The van der Waals surface area contributed by atoms with Gasteiger partial charge < -0.3 is 9.64 Å². The van der Waals surface area contributed by atoms with Gasteiger partial charge in [-0.25, -0.2) is 0 Å². The number of hydrogen-bond donors (Lipinski definition) is 0. The second-order valence-corrected chi connectivity index (χ2v) is 4.03. The molecule has 0 saturated carbocycles. The lowest BCUT2D eigenvalue weighted by Crippen LogP contribution is -2.38. The molecule has 0 aromatic heterocycles. The zero-order valence-corrected chi connectivity index (χ0v) is 9.54. The molecule has 0 aliphatic carbocycles. The first-order valence-corrected chi connectivity index (χ1v) is 5.53. The van der Waals surface area contributed by atoms with Crippen molar-refractivity contribution in [3.05, 3.63) is 35.4 Å². The summed E-state index contributed by atoms with van der Waals surface area (Å²) >= 11 is 0. The molecule has 0 radical (unpaired) electrons. The molecule has 0 N–H and O–H groups in total. The van der Waals surface area contributed by atoms with E-state index in [0.29, 0.717) is 13.2 Å². The molecular formula is C12H12F3NO2. The predicted octanol–water partition coefficient (Wildman–Crippen LogP) is 2.53. The highest BCUT2D eigenvalue weighted by Crippen LogP contribution is 2.29. The fourth-order valence-corrected chi connectivity index (χ4v) is 1.74. The molecule has 1 saturated heterocycles. The molecule has 1 fully saturated rings. The van der Waals surface area contributed by atoms with Gasteiger partial charge in [0.2, 0.25) is 0 Å². The number of nitrogens with zero attached hydrogens (tertiary/aromatic N) is 1. The van der Waals surface area contributed by atoms with Crippen molar-refractivity contribution < 1.29 is 22.7 Å². The molecule has 1 aromatic rings. The normalized spacial score (nSPS) is 16.7. The van der Waals surface area contributed by atoms with Gasteiger partial charge in [-0.1, -0.05) is 0 Å². The second-order valence-electron chi connectivity index (χ2n) is 4.03. The summed E-state index contributed by atoms with van der Waals surface area (Å²) in [6.07, 6.45) is -3.64. The lowest BCUT2D eigenvalue weighted by atomic mass is 10.1. The van der Waals surface area contributed by atoms with Crippen molar-refractivity contribution in [1.82, 2.24) is 4.90 Å². The Morgan fingerprint density at radius 2 is 1.89 bits per heavy atom. The number of carbonyl (C=O) groups excluding carboxylic acids is 1. The number of benzene rings is 1. The van der Waals surface area contributed by atoms with E-state index in [0.717, 1.165) is 18.6 Å². The average molecular weight is 259 g/mol. The zero-order valence-electron chi connectivity index (χ0n) is 9.54. The number of halogens is 3. The van der Waals surface area contributed by atoms with Gasteiger partial charge in [-0.2, -0.15) is 13.2 Å². The van der Waals surface area contributed by atoms with Crippen molar-refractivity contribution in [2.45, 2.75) is 12.6 Å². The highest BCUT2D eigenvalue weighted by molar-refractivity contribution is 5.94. The molecule has 0 bridgehead atoms. The van der Waals surface area contributed by atoms with E-state index in [2.05, 4.69) is 0 Å². The summed E-state index contributed by atoms with van der Waals surface area (Å²) in [5, 5.41) is 0. The van der Waals surface area contributed by atoms with E-state index in [4.69, 9.17) is 4.74 Å². The number of alkyl halides is 3. The molecule has 98 valence electrons. The third-order valence-electron chi connectivity index (χ3n) is 2.71. The van der Waals surface area contributed by atoms with E-state index in [9.17, 15) is 18.0 Å². The first-order chi connectivity index (χ1) is 8.48. The van der Waals surface area contributed by atoms with Crippen LogP contribution in [0, 0.1) is 0 Å². The molecule has 1 aromatic carbocycles. The number of carbonyl (C=O) groups is 1. The summed E-state index contributed by atoms with van der Waals surface area (Å²) in [5.41, 5.74) is -0.512. The standard InChI is InChI=1S/C12H12F3NO2/c13-12(14,15)10-4-2-9(3-5-10)11(17)16-6-1-7-18-8-16/h2-5H,1,6-8H2. The maximum atomic E-state index is 12.4. The Bertz CT molecular complexity index is 422. The second kappa shape index (κ2) is 4.97. The number of hydrogen-bond acceptors (Lipinski definition) is 2. The van der Waals surface area contributed by atoms with Crippen molar-refractivity contribution in [1.29, 1.82) is 0 Å². The average Bonchev–Trinajstić information content (AvgIpc) is 2.38. The summed E-state index contributed by atoms with van der Waals surface area (Å²) < 4.78 is 42.2. The number of amides is 1.